The lowest BCUT2D eigenvalue weighted by Gasteiger charge is -2.39. The molecule has 0 atom stereocenters. The number of aryl methyl sites for hydroxylation is 1. The van der Waals surface area contributed by atoms with Crippen molar-refractivity contribution >= 4 is 35.0 Å². The Balaban J connectivity index is 1.42. The van der Waals surface area contributed by atoms with Gasteiger partial charge in [-0.1, -0.05) is 0 Å². The quantitative estimate of drug-likeness (QED) is 0.380. The van der Waals surface area contributed by atoms with E-state index >= 15 is 0 Å². The minimum atomic E-state index is -0.0789. The van der Waals surface area contributed by atoms with E-state index in [0.29, 0.717) is 0 Å². The van der Waals surface area contributed by atoms with Crippen LogP contribution in [-0.4, -0.2) is 76.1 Å². The standard InChI is InChI=1S/C27H36N8OS/c1-18-17-23(33-32-18)29-25-22-9-10-27(11-13-35(14-12-27)16-15-34(3)4)24(22)30-26(31-25)37-21-7-5-20(6-8-21)28-19(2)36/h5-8,17H,9-16H2,1-4H3,(H,28,36)(H2,29,30,31,32,33). The van der Waals surface area contributed by atoms with Gasteiger partial charge in [0.1, 0.15) is 5.82 Å². The van der Waals surface area contributed by atoms with Gasteiger partial charge in [0, 0.05) is 53.3 Å². The minimum absolute atomic E-state index is 0.0789. The number of hydrogen-bond donors (Lipinski definition) is 3. The number of rotatable bonds is 8. The van der Waals surface area contributed by atoms with Crippen LogP contribution in [0.2, 0.25) is 0 Å². The van der Waals surface area contributed by atoms with Crippen LogP contribution in [0.4, 0.5) is 17.3 Å². The smallest absolute Gasteiger partial charge is 0.221 e. The molecule has 0 bridgehead atoms. The third kappa shape index (κ3) is 5.97. The normalized spacial score (nSPS) is 16.8. The molecule has 1 fully saturated rings. The summed E-state index contributed by atoms with van der Waals surface area (Å²) in [4.78, 5) is 27.4. The zero-order valence-corrected chi connectivity index (χ0v) is 22.9. The van der Waals surface area contributed by atoms with Gasteiger partial charge in [-0.25, -0.2) is 9.97 Å². The average Bonchev–Trinajstić information content (AvgIpc) is 3.43. The fourth-order valence-corrected chi connectivity index (χ4v) is 6.08. The third-order valence-corrected chi connectivity index (χ3v) is 8.23. The number of benzene rings is 1. The van der Waals surface area contributed by atoms with E-state index in [2.05, 4.69) is 44.7 Å². The summed E-state index contributed by atoms with van der Waals surface area (Å²) in [6.45, 7) is 7.91. The summed E-state index contributed by atoms with van der Waals surface area (Å²) in [5, 5.41) is 14.4. The number of carbonyl (C=O) groups excluding carboxylic acids is 1. The molecule has 1 aliphatic heterocycles. The lowest BCUT2D eigenvalue weighted by atomic mass is 9.76. The van der Waals surface area contributed by atoms with E-state index in [1.807, 2.05) is 37.3 Å². The number of nitrogens with one attached hydrogen (secondary N) is 3. The first-order valence-electron chi connectivity index (χ1n) is 12.9. The van der Waals surface area contributed by atoms with Gasteiger partial charge in [-0.05, 0) is 95.8 Å². The van der Waals surface area contributed by atoms with Gasteiger partial charge in [0.05, 0.1) is 5.69 Å². The maximum absolute atomic E-state index is 11.4. The van der Waals surface area contributed by atoms with E-state index in [1.165, 1.54) is 18.2 Å². The molecule has 5 rings (SSSR count). The van der Waals surface area contributed by atoms with Gasteiger partial charge in [0.2, 0.25) is 5.91 Å². The first-order valence-corrected chi connectivity index (χ1v) is 13.7. The Bertz CT molecular complexity index is 1250. The molecule has 3 heterocycles. The average molecular weight is 521 g/mol. The Labute approximate surface area is 222 Å². The van der Waals surface area contributed by atoms with E-state index in [0.717, 1.165) is 84.9 Å². The van der Waals surface area contributed by atoms with Crippen LogP contribution in [0.3, 0.4) is 0 Å². The molecular formula is C27H36N8OS. The molecule has 1 amide bonds. The van der Waals surface area contributed by atoms with Crippen molar-refractivity contribution in [2.45, 2.75) is 55.0 Å². The molecule has 3 aromatic rings. The summed E-state index contributed by atoms with van der Waals surface area (Å²) < 4.78 is 0. The Kier molecular flexibility index (Phi) is 7.50. The molecule has 10 heteroatoms. The Morgan fingerprint density at radius 3 is 2.57 bits per heavy atom. The topological polar surface area (TPSA) is 102 Å². The highest BCUT2D eigenvalue weighted by atomic mass is 32.2. The monoisotopic (exact) mass is 520 g/mol. The van der Waals surface area contributed by atoms with Crippen LogP contribution in [0.25, 0.3) is 0 Å². The summed E-state index contributed by atoms with van der Waals surface area (Å²) in [6.07, 6.45) is 4.35. The number of aromatic amines is 1. The zero-order valence-electron chi connectivity index (χ0n) is 22.1. The number of H-pyrrole nitrogens is 1. The molecular weight excluding hydrogens is 484 g/mol. The van der Waals surface area contributed by atoms with Crippen LogP contribution in [0.15, 0.2) is 40.4 Å². The number of carbonyl (C=O) groups is 1. The number of likely N-dealkylation sites (tertiary alicyclic amines) is 1. The number of nitrogens with zero attached hydrogens (tertiary/aromatic N) is 5. The molecule has 1 spiro atoms. The van der Waals surface area contributed by atoms with Gasteiger partial charge in [-0.3, -0.25) is 9.89 Å². The van der Waals surface area contributed by atoms with E-state index in [1.54, 1.807) is 11.8 Å². The molecule has 196 valence electrons. The number of amides is 1. The summed E-state index contributed by atoms with van der Waals surface area (Å²) in [6, 6.07) is 9.81. The SMILES string of the molecule is CC(=O)Nc1ccc(Sc2nc(Nc3cc(C)[nH]n3)c3c(n2)C2(CC3)CCN(CCN(C)C)CC2)cc1. The van der Waals surface area contributed by atoms with Crippen LogP contribution in [0.5, 0.6) is 0 Å². The molecule has 2 aromatic heterocycles. The fraction of sp³-hybridized carbons (Fsp3) is 0.481. The van der Waals surface area contributed by atoms with E-state index in [-0.39, 0.29) is 11.3 Å². The molecule has 2 aliphatic rings. The van der Waals surface area contributed by atoms with Crippen molar-refractivity contribution in [3.63, 3.8) is 0 Å². The number of fused-ring (bicyclic) bond motifs is 2. The molecule has 0 saturated carbocycles. The second-order valence-corrected chi connectivity index (χ2v) is 11.5. The number of likely N-dealkylation sites (N-methyl/N-ethyl adjacent to an activating group) is 1. The summed E-state index contributed by atoms with van der Waals surface area (Å²) >= 11 is 1.55. The van der Waals surface area contributed by atoms with Crippen LogP contribution in [0, 0.1) is 6.92 Å². The van der Waals surface area contributed by atoms with E-state index in [9.17, 15) is 4.79 Å². The van der Waals surface area contributed by atoms with Crippen molar-refractivity contribution in [3.05, 3.63) is 47.3 Å². The first-order chi connectivity index (χ1) is 17.8. The van der Waals surface area contributed by atoms with Crippen molar-refractivity contribution < 1.29 is 4.79 Å². The minimum Gasteiger partial charge on any atom is -0.326 e. The Hall–Kier alpha value is -2.95. The molecule has 3 N–H and O–H groups in total. The number of aromatic nitrogens is 4. The van der Waals surface area contributed by atoms with Crippen molar-refractivity contribution in [1.82, 2.24) is 30.0 Å². The van der Waals surface area contributed by atoms with Crippen molar-refractivity contribution in [2.75, 3.05) is 50.9 Å². The molecule has 1 saturated heterocycles. The summed E-state index contributed by atoms with van der Waals surface area (Å²) in [5.74, 6) is 1.55. The second kappa shape index (κ2) is 10.8. The van der Waals surface area contributed by atoms with Crippen LogP contribution < -0.4 is 10.6 Å². The Morgan fingerprint density at radius 1 is 1.16 bits per heavy atom. The van der Waals surface area contributed by atoms with Gasteiger partial charge < -0.3 is 20.4 Å². The fourth-order valence-electron chi connectivity index (χ4n) is 5.32. The highest BCUT2D eigenvalue weighted by molar-refractivity contribution is 7.99. The van der Waals surface area contributed by atoms with Crippen molar-refractivity contribution in [3.8, 4) is 0 Å². The first kappa shape index (κ1) is 25.7. The van der Waals surface area contributed by atoms with Gasteiger partial charge in [0.25, 0.3) is 0 Å². The summed E-state index contributed by atoms with van der Waals surface area (Å²) in [5.41, 5.74) is 4.33. The predicted molar refractivity (Wildman–Crippen MR) is 148 cm³/mol. The highest BCUT2D eigenvalue weighted by Gasteiger charge is 2.44. The third-order valence-electron chi connectivity index (χ3n) is 7.36. The number of hydrogen-bond acceptors (Lipinski definition) is 8. The van der Waals surface area contributed by atoms with Crippen LogP contribution in [0.1, 0.15) is 43.1 Å². The van der Waals surface area contributed by atoms with Gasteiger partial charge in [-0.15, -0.1) is 0 Å². The van der Waals surface area contributed by atoms with Gasteiger partial charge in [-0.2, -0.15) is 5.10 Å². The van der Waals surface area contributed by atoms with E-state index < -0.39 is 0 Å². The lowest BCUT2D eigenvalue weighted by molar-refractivity contribution is -0.114. The van der Waals surface area contributed by atoms with Crippen molar-refractivity contribution in [2.24, 2.45) is 0 Å². The van der Waals surface area contributed by atoms with Crippen molar-refractivity contribution in [1.29, 1.82) is 0 Å². The molecule has 9 nitrogen and oxygen atoms in total. The molecule has 37 heavy (non-hydrogen) atoms. The molecule has 0 radical (unpaired) electrons. The van der Waals surface area contributed by atoms with Crippen LogP contribution >= 0.6 is 11.8 Å². The van der Waals surface area contributed by atoms with Crippen LogP contribution in [-0.2, 0) is 16.6 Å². The number of anilines is 3. The zero-order chi connectivity index (χ0) is 26.0. The maximum Gasteiger partial charge on any atom is 0.221 e. The molecule has 0 unspecified atom stereocenters. The second-order valence-electron chi connectivity index (χ2n) is 10.5. The number of piperidine rings is 1. The predicted octanol–water partition coefficient (Wildman–Crippen LogP) is 4.20. The van der Waals surface area contributed by atoms with Gasteiger partial charge >= 0.3 is 0 Å². The maximum atomic E-state index is 11.4. The molecule has 1 aliphatic carbocycles. The Morgan fingerprint density at radius 2 is 1.92 bits per heavy atom. The molecule has 1 aromatic carbocycles. The largest absolute Gasteiger partial charge is 0.326 e. The van der Waals surface area contributed by atoms with Gasteiger partial charge in [0.15, 0.2) is 11.0 Å². The highest BCUT2D eigenvalue weighted by Crippen LogP contribution is 2.48. The van der Waals surface area contributed by atoms with E-state index in [4.69, 9.17) is 9.97 Å². The summed E-state index contributed by atoms with van der Waals surface area (Å²) in [7, 11) is 4.27. The lowest BCUT2D eigenvalue weighted by Crippen LogP contribution is -2.44.